The first-order valence-corrected chi connectivity index (χ1v) is 7.37. The summed E-state index contributed by atoms with van der Waals surface area (Å²) >= 11 is 0. The highest BCUT2D eigenvalue weighted by atomic mass is 16.5. The summed E-state index contributed by atoms with van der Waals surface area (Å²) in [6.45, 7) is 4.04. The van der Waals surface area contributed by atoms with E-state index in [0.717, 1.165) is 19.3 Å². The number of hydrogen-bond donors (Lipinski definition) is 2. The Balaban J connectivity index is 2.48. The summed E-state index contributed by atoms with van der Waals surface area (Å²) in [7, 11) is 0. The first-order chi connectivity index (χ1) is 9.58. The third-order valence-corrected chi connectivity index (χ3v) is 3.88. The number of morpholine rings is 1. The molecule has 0 aromatic heterocycles. The van der Waals surface area contributed by atoms with E-state index in [2.05, 4.69) is 6.92 Å². The van der Waals surface area contributed by atoms with Gasteiger partial charge in [0.2, 0.25) is 5.91 Å². The molecule has 1 rings (SSSR count). The molecule has 1 amide bonds. The lowest BCUT2D eigenvalue weighted by Gasteiger charge is -2.35. The molecule has 2 atom stereocenters. The molecule has 6 heteroatoms. The van der Waals surface area contributed by atoms with Crippen LogP contribution in [0.3, 0.4) is 0 Å². The van der Waals surface area contributed by atoms with Crippen LogP contribution in [0.2, 0.25) is 0 Å². The average Bonchev–Trinajstić information content (AvgIpc) is 2.43. The number of rotatable bonds is 8. The number of nitrogens with two attached hydrogens (primary N) is 1. The van der Waals surface area contributed by atoms with Crippen LogP contribution in [0.4, 0.5) is 0 Å². The molecular weight excluding hydrogens is 260 g/mol. The van der Waals surface area contributed by atoms with E-state index in [4.69, 9.17) is 15.6 Å². The van der Waals surface area contributed by atoms with Gasteiger partial charge in [-0.1, -0.05) is 13.3 Å². The number of hydrogen-bond acceptors (Lipinski definition) is 4. The Morgan fingerprint density at radius 3 is 2.80 bits per heavy atom. The van der Waals surface area contributed by atoms with Gasteiger partial charge in [0.15, 0.2) is 0 Å². The molecule has 0 spiro atoms. The van der Waals surface area contributed by atoms with Crippen LogP contribution < -0.4 is 5.73 Å². The topological polar surface area (TPSA) is 92.9 Å². The van der Waals surface area contributed by atoms with Crippen molar-refractivity contribution in [1.82, 2.24) is 4.90 Å². The predicted molar refractivity (Wildman–Crippen MR) is 75.3 cm³/mol. The van der Waals surface area contributed by atoms with Gasteiger partial charge in [0.1, 0.15) is 0 Å². The summed E-state index contributed by atoms with van der Waals surface area (Å²) < 4.78 is 5.27. The van der Waals surface area contributed by atoms with Crippen molar-refractivity contribution < 1.29 is 19.4 Å². The van der Waals surface area contributed by atoms with Gasteiger partial charge in [-0.25, -0.2) is 0 Å². The summed E-state index contributed by atoms with van der Waals surface area (Å²) in [6.07, 6.45) is 3.20. The first kappa shape index (κ1) is 16.9. The molecule has 0 aliphatic carbocycles. The molecule has 0 aromatic carbocycles. The quantitative estimate of drug-likeness (QED) is 0.690. The maximum absolute atomic E-state index is 12.3. The van der Waals surface area contributed by atoms with E-state index < -0.39 is 5.97 Å². The number of amides is 1. The van der Waals surface area contributed by atoms with Crippen LogP contribution in [0.15, 0.2) is 0 Å². The summed E-state index contributed by atoms with van der Waals surface area (Å²) in [5, 5.41) is 8.88. The number of nitrogens with zero attached hydrogens (tertiary/aromatic N) is 1. The fourth-order valence-electron chi connectivity index (χ4n) is 2.61. The summed E-state index contributed by atoms with van der Waals surface area (Å²) in [5.74, 6) is -0.384. The SMILES string of the molecule is CCC(CCN)CCC(=O)N1CCOCC1CC(=O)O. The number of carboxylic acids is 1. The normalized spacial score (nSPS) is 20.7. The molecule has 0 bridgehead atoms. The van der Waals surface area contributed by atoms with Gasteiger partial charge < -0.3 is 20.5 Å². The highest BCUT2D eigenvalue weighted by Gasteiger charge is 2.28. The molecule has 0 saturated carbocycles. The largest absolute Gasteiger partial charge is 0.481 e. The highest BCUT2D eigenvalue weighted by Crippen LogP contribution is 2.18. The minimum absolute atomic E-state index is 0.0371. The van der Waals surface area contributed by atoms with Gasteiger partial charge in [-0.2, -0.15) is 0 Å². The molecule has 20 heavy (non-hydrogen) atoms. The average molecular weight is 286 g/mol. The Hall–Kier alpha value is -1.14. The van der Waals surface area contributed by atoms with Crippen molar-refractivity contribution in [2.24, 2.45) is 11.7 Å². The Bertz CT molecular complexity index is 322. The lowest BCUT2D eigenvalue weighted by atomic mass is 9.96. The molecule has 1 aliphatic heterocycles. The fraction of sp³-hybridized carbons (Fsp3) is 0.857. The van der Waals surface area contributed by atoms with E-state index in [1.165, 1.54) is 0 Å². The lowest BCUT2D eigenvalue weighted by molar-refractivity contribution is -0.146. The monoisotopic (exact) mass is 286 g/mol. The zero-order valence-corrected chi connectivity index (χ0v) is 12.2. The second-order valence-electron chi connectivity index (χ2n) is 5.30. The van der Waals surface area contributed by atoms with E-state index in [9.17, 15) is 9.59 Å². The molecule has 1 fully saturated rings. The number of carbonyl (C=O) groups excluding carboxylic acids is 1. The summed E-state index contributed by atoms with van der Waals surface area (Å²) in [5.41, 5.74) is 5.55. The second-order valence-corrected chi connectivity index (χ2v) is 5.30. The predicted octanol–water partition coefficient (Wildman–Crippen LogP) is 0.844. The van der Waals surface area contributed by atoms with Gasteiger partial charge in [-0.05, 0) is 25.3 Å². The van der Waals surface area contributed by atoms with E-state index in [-0.39, 0.29) is 18.4 Å². The standard InChI is InChI=1S/C14H26N2O4/c1-2-11(5-6-15)3-4-13(17)16-7-8-20-10-12(16)9-14(18)19/h11-12H,2-10,15H2,1H3,(H,18,19). The van der Waals surface area contributed by atoms with Gasteiger partial charge in [0.25, 0.3) is 0 Å². The van der Waals surface area contributed by atoms with Gasteiger partial charge in [-0.15, -0.1) is 0 Å². The second kappa shape index (κ2) is 8.92. The summed E-state index contributed by atoms with van der Waals surface area (Å²) in [4.78, 5) is 24.8. The molecule has 116 valence electrons. The molecule has 2 unspecified atom stereocenters. The lowest BCUT2D eigenvalue weighted by Crippen LogP contribution is -2.49. The van der Waals surface area contributed by atoms with Crippen LogP contribution in [0, 0.1) is 5.92 Å². The van der Waals surface area contributed by atoms with Crippen molar-refractivity contribution in [2.45, 2.75) is 45.1 Å². The van der Waals surface area contributed by atoms with Crippen molar-refractivity contribution in [1.29, 1.82) is 0 Å². The third-order valence-electron chi connectivity index (χ3n) is 3.88. The van der Waals surface area contributed by atoms with Gasteiger partial charge >= 0.3 is 5.97 Å². The Morgan fingerprint density at radius 1 is 1.45 bits per heavy atom. The molecule has 1 heterocycles. The highest BCUT2D eigenvalue weighted by molar-refractivity contribution is 5.77. The number of ether oxygens (including phenoxy) is 1. The zero-order valence-electron chi connectivity index (χ0n) is 12.2. The van der Waals surface area contributed by atoms with Crippen LogP contribution in [0.25, 0.3) is 0 Å². The van der Waals surface area contributed by atoms with E-state index in [1.807, 2.05) is 0 Å². The van der Waals surface area contributed by atoms with Gasteiger partial charge in [-0.3, -0.25) is 9.59 Å². The minimum atomic E-state index is -0.895. The molecule has 0 radical (unpaired) electrons. The molecule has 1 aliphatic rings. The number of carbonyl (C=O) groups is 2. The van der Waals surface area contributed by atoms with Crippen molar-refractivity contribution >= 4 is 11.9 Å². The minimum Gasteiger partial charge on any atom is -0.481 e. The fourth-order valence-corrected chi connectivity index (χ4v) is 2.61. The third kappa shape index (κ3) is 5.46. The van der Waals surface area contributed by atoms with Crippen molar-refractivity contribution in [3.63, 3.8) is 0 Å². The first-order valence-electron chi connectivity index (χ1n) is 7.37. The smallest absolute Gasteiger partial charge is 0.305 e. The zero-order chi connectivity index (χ0) is 15.0. The number of carboxylic acid groups (broad SMARTS) is 1. The Morgan fingerprint density at radius 2 is 2.20 bits per heavy atom. The van der Waals surface area contributed by atoms with Crippen LogP contribution >= 0.6 is 0 Å². The molecular formula is C14H26N2O4. The van der Waals surface area contributed by atoms with Crippen molar-refractivity contribution in [2.75, 3.05) is 26.3 Å². The van der Waals surface area contributed by atoms with Gasteiger partial charge in [0, 0.05) is 13.0 Å². The Labute approximate surface area is 120 Å². The van der Waals surface area contributed by atoms with Crippen LogP contribution in [-0.2, 0) is 14.3 Å². The molecule has 3 N–H and O–H groups in total. The van der Waals surface area contributed by atoms with Crippen molar-refractivity contribution in [3.05, 3.63) is 0 Å². The van der Waals surface area contributed by atoms with E-state index in [1.54, 1.807) is 4.90 Å². The maximum atomic E-state index is 12.3. The number of aliphatic carboxylic acids is 1. The van der Waals surface area contributed by atoms with Crippen molar-refractivity contribution in [3.8, 4) is 0 Å². The van der Waals surface area contributed by atoms with Gasteiger partial charge in [0.05, 0.1) is 25.7 Å². The summed E-state index contributed by atoms with van der Waals surface area (Å²) in [6, 6.07) is -0.330. The maximum Gasteiger partial charge on any atom is 0.305 e. The van der Waals surface area contributed by atoms with E-state index in [0.29, 0.717) is 38.6 Å². The van der Waals surface area contributed by atoms with E-state index >= 15 is 0 Å². The van der Waals surface area contributed by atoms with Crippen LogP contribution in [0.5, 0.6) is 0 Å². The molecule has 6 nitrogen and oxygen atoms in total. The molecule has 1 saturated heterocycles. The Kier molecular flexibility index (Phi) is 7.54. The van der Waals surface area contributed by atoms with Crippen LogP contribution in [0.1, 0.15) is 39.0 Å². The van der Waals surface area contributed by atoms with Crippen LogP contribution in [-0.4, -0.2) is 54.2 Å². The molecule has 0 aromatic rings.